The van der Waals surface area contributed by atoms with Crippen LogP contribution in [0.1, 0.15) is 34.6 Å². The Morgan fingerprint density at radius 1 is 1.32 bits per heavy atom. The van der Waals surface area contributed by atoms with E-state index in [-0.39, 0.29) is 17.5 Å². The predicted octanol–water partition coefficient (Wildman–Crippen LogP) is 4.14. The molecular formula is C17H16N2O2S. The van der Waals surface area contributed by atoms with Gasteiger partial charge < -0.3 is 10.1 Å². The van der Waals surface area contributed by atoms with Crippen molar-refractivity contribution in [2.45, 2.75) is 19.8 Å². The van der Waals surface area contributed by atoms with Gasteiger partial charge in [-0.05, 0) is 18.1 Å². The molecule has 0 fully saturated rings. The van der Waals surface area contributed by atoms with Crippen LogP contribution in [-0.2, 0) is 0 Å². The van der Waals surface area contributed by atoms with Crippen molar-refractivity contribution in [2.75, 3.05) is 0 Å². The Labute approximate surface area is 132 Å². The zero-order valence-corrected chi connectivity index (χ0v) is 13.1. The van der Waals surface area contributed by atoms with Crippen LogP contribution in [0.2, 0.25) is 0 Å². The van der Waals surface area contributed by atoms with Crippen molar-refractivity contribution in [3.63, 3.8) is 0 Å². The van der Waals surface area contributed by atoms with E-state index < -0.39 is 0 Å². The molecule has 2 heterocycles. The molecule has 2 N–H and O–H groups in total. The van der Waals surface area contributed by atoms with E-state index in [4.69, 9.17) is 0 Å². The Balaban J connectivity index is 1.83. The Bertz CT molecular complexity index is 802. The first kappa shape index (κ1) is 14.5. The maximum atomic E-state index is 12.4. The first-order valence-electron chi connectivity index (χ1n) is 6.98. The van der Waals surface area contributed by atoms with E-state index in [0.29, 0.717) is 5.69 Å². The number of Topliss-reactive ketones (excluding diaryl/α,β-unsaturated/α-hetero) is 1. The van der Waals surface area contributed by atoms with E-state index >= 15 is 0 Å². The molecule has 0 amide bonds. The molecular weight excluding hydrogens is 296 g/mol. The fourth-order valence-electron chi connectivity index (χ4n) is 2.41. The van der Waals surface area contributed by atoms with Crippen molar-refractivity contribution in [1.29, 1.82) is 0 Å². The Hall–Kier alpha value is -2.40. The average Bonchev–Trinajstić information content (AvgIpc) is 3.14. The lowest BCUT2D eigenvalue weighted by Crippen LogP contribution is -2.09. The summed E-state index contributed by atoms with van der Waals surface area (Å²) in [5.41, 5.74) is 5.34. The standard InChI is InChI=1S/C17H16N2O2S/c1-10(16(21)15-7-14(20)8-18-15)12-3-5-13(6-4-12)17-11(2)19-9-22-17/h3-10,18,20H,1-2H3/t10-/m0/s1. The molecule has 1 aromatic carbocycles. The van der Waals surface area contributed by atoms with Crippen molar-refractivity contribution < 1.29 is 9.90 Å². The molecule has 2 aromatic heterocycles. The normalized spacial score (nSPS) is 12.3. The van der Waals surface area contributed by atoms with E-state index in [9.17, 15) is 9.90 Å². The van der Waals surface area contributed by atoms with Gasteiger partial charge in [0, 0.05) is 18.2 Å². The summed E-state index contributed by atoms with van der Waals surface area (Å²) in [6, 6.07) is 9.44. The smallest absolute Gasteiger partial charge is 0.186 e. The summed E-state index contributed by atoms with van der Waals surface area (Å²) in [7, 11) is 0. The summed E-state index contributed by atoms with van der Waals surface area (Å²) in [5, 5.41) is 9.33. The molecule has 0 spiro atoms. The molecule has 22 heavy (non-hydrogen) atoms. The number of aromatic amines is 1. The monoisotopic (exact) mass is 312 g/mol. The van der Waals surface area contributed by atoms with Gasteiger partial charge in [-0.2, -0.15) is 0 Å². The van der Waals surface area contributed by atoms with Crippen molar-refractivity contribution in [2.24, 2.45) is 0 Å². The fourth-order valence-corrected chi connectivity index (χ4v) is 3.22. The van der Waals surface area contributed by atoms with Gasteiger partial charge in [-0.25, -0.2) is 4.98 Å². The number of carbonyl (C=O) groups excluding carboxylic acids is 1. The summed E-state index contributed by atoms with van der Waals surface area (Å²) >= 11 is 1.61. The van der Waals surface area contributed by atoms with Gasteiger partial charge in [0.05, 0.1) is 21.8 Å². The molecule has 0 aliphatic rings. The number of benzene rings is 1. The number of aryl methyl sites for hydroxylation is 1. The number of hydrogen-bond acceptors (Lipinski definition) is 4. The van der Waals surface area contributed by atoms with Crippen LogP contribution in [-0.4, -0.2) is 20.9 Å². The number of nitrogens with zero attached hydrogens (tertiary/aromatic N) is 1. The van der Waals surface area contributed by atoms with Crippen LogP contribution in [0.4, 0.5) is 0 Å². The molecule has 3 rings (SSSR count). The molecule has 1 atom stereocenters. The van der Waals surface area contributed by atoms with Crippen LogP contribution in [0, 0.1) is 6.92 Å². The molecule has 0 aliphatic carbocycles. The van der Waals surface area contributed by atoms with E-state index in [1.54, 1.807) is 11.3 Å². The Morgan fingerprint density at radius 3 is 2.59 bits per heavy atom. The Kier molecular flexibility index (Phi) is 3.81. The lowest BCUT2D eigenvalue weighted by molar-refractivity contribution is 0.0961. The second kappa shape index (κ2) is 5.77. The molecule has 0 saturated carbocycles. The number of ketones is 1. The van der Waals surface area contributed by atoms with Crippen molar-refractivity contribution >= 4 is 17.1 Å². The van der Waals surface area contributed by atoms with Gasteiger partial charge in [0.25, 0.3) is 0 Å². The highest BCUT2D eigenvalue weighted by molar-refractivity contribution is 7.13. The third kappa shape index (κ3) is 2.67. The molecule has 0 unspecified atom stereocenters. The maximum Gasteiger partial charge on any atom is 0.186 e. The van der Waals surface area contributed by atoms with Crippen LogP contribution < -0.4 is 0 Å². The highest BCUT2D eigenvalue weighted by Crippen LogP contribution is 2.29. The van der Waals surface area contributed by atoms with Crippen LogP contribution in [0.5, 0.6) is 5.75 Å². The van der Waals surface area contributed by atoms with Crippen molar-refractivity contribution in [1.82, 2.24) is 9.97 Å². The summed E-state index contributed by atoms with van der Waals surface area (Å²) < 4.78 is 0. The minimum atomic E-state index is -0.269. The van der Waals surface area contributed by atoms with E-state index in [0.717, 1.165) is 21.7 Å². The number of nitrogens with one attached hydrogen (secondary N) is 1. The Morgan fingerprint density at radius 2 is 2.05 bits per heavy atom. The number of rotatable bonds is 4. The zero-order valence-electron chi connectivity index (χ0n) is 12.3. The molecule has 112 valence electrons. The molecule has 0 bridgehead atoms. The van der Waals surface area contributed by atoms with E-state index in [1.807, 2.05) is 43.6 Å². The zero-order chi connectivity index (χ0) is 15.7. The molecule has 3 aromatic rings. The summed E-state index contributed by atoms with van der Waals surface area (Å²) in [5.74, 6) is -0.233. The van der Waals surface area contributed by atoms with Crippen LogP contribution in [0.25, 0.3) is 10.4 Å². The number of carbonyl (C=O) groups is 1. The second-order valence-electron chi connectivity index (χ2n) is 5.25. The molecule has 0 radical (unpaired) electrons. The number of hydrogen-bond donors (Lipinski definition) is 2. The summed E-state index contributed by atoms with van der Waals surface area (Å²) in [6.45, 7) is 3.86. The predicted molar refractivity (Wildman–Crippen MR) is 87.5 cm³/mol. The van der Waals surface area contributed by atoms with Gasteiger partial charge in [0.1, 0.15) is 5.75 Å². The van der Waals surface area contributed by atoms with E-state index in [1.165, 1.54) is 12.3 Å². The number of aromatic nitrogens is 2. The fraction of sp³-hybridized carbons (Fsp3) is 0.176. The van der Waals surface area contributed by atoms with Gasteiger partial charge in [0.2, 0.25) is 0 Å². The summed E-state index contributed by atoms with van der Waals surface area (Å²) in [6.07, 6.45) is 1.41. The van der Waals surface area contributed by atoms with Gasteiger partial charge in [-0.1, -0.05) is 31.2 Å². The average molecular weight is 312 g/mol. The molecule has 4 nitrogen and oxygen atoms in total. The third-order valence-corrected chi connectivity index (χ3v) is 4.72. The summed E-state index contributed by atoms with van der Waals surface area (Å²) in [4.78, 5) is 20.6. The first-order valence-corrected chi connectivity index (χ1v) is 7.86. The number of aromatic hydroxyl groups is 1. The maximum absolute atomic E-state index is 12.4. The van der Waals surface area contributed by atoms with Gasteiger partial charge in [0.15, 0.2) is 5.78 Å². The highest BCUT2D eigenvalue weighted by atomic mass is 32.1. The quantitative estimate of drug-likeness (QED) is 0.712. The molecule has 5 heteroatoms. The third-order valence-electron chi connectivity index (χ3n) is 3.74. The highest BCUT2D eigenvalue weighted by Gasteiger charge is 2.19. The van der Waals surface area contributed by atoms with Gasteiger partial charge in [-0.3, -0.25) is 4.79 Å². The van der Waals surface area contributed by atoms with Crippen molar-refractivity contribution in [3.8, 4) is 16.2 Å². The lowest BCUT2D eigenvalue weighted by atomic mass is 9.94. The lowest BCUT2D eigenvalue weighted by Gasteiger charge is -2.10. The van der Waals surface area contributed by atoms with Crippen LogP contribution in [0.3, 0.4) is 0 Å². The molecule has 0 aliphatic heterocycles. The number of thiazole rings is 1. The first-order chi connectivity index (χ1) is 10.6. The second-order valence-corrected chi connectivity index (χ2v) is 6.10. The molecule has 0 saturated heterocycles. The number of H-pyrrole nitrogens is 1. The van der Waals surface area contributed by atoms with Crippen LogP contribution in [0.15, 0.2) is 42.0 Å². The van der Waals surface area contributed by atoms with E-state index in [2.05, 4.69) is 9.97 Å². The minimum absolute atomic E-state index is 0.0398. The minimum Gasteiger partial charge on any atom is -0.506 e. The largest absolute Gasteiger partial charge is 0.506 e. The van der Waals surface area contributed by atoms with Gasteiger partial charge in [-0.15, -0.1) is 11.3 Å². The SMILES string of the molecule is Cc1ncsc1-c1ccc([C@H](C)C(=O)c2cc(O)c[nH]2)cc1. The van der Waals surface area contributed by atoms with Gasteiger partial charge >= 0.3 is 0 Å². The van der Waals surface area contributed by atoms with Crippen molar-refractivity contribution in [3.05, 3.63) is 59.0 Å². The van der Waals surface area contributed by atoms with Crippen LogP contribution >= 0.6 is 11.3 Å². The topological polar surface area (TPSA) is 66.0 Å².